The molecule has 1 aromatic rings. The van der Waals surface area contributed by atoms with Crippen molar-refractivity contribution in [1.82, 2.24) is 5.32 Å². The van der Waals surface area contributed by atoms with Gasteiger partial charge in [0.15, 0.2) is 0 Å². The average Bonchev–Trinajstić information content (AvgIpc) is 2.27. The molecule has 6 heteroatoms. The fraction of sp³-hybridized carbons (Fsp3) is 0.455. The zero-order valence-corrected chi connectivity index (χ0v) is 11.6. The van der Waals surface area contributed by atoms with Crippen LogP contribution in [0.2, 0.25) is 0 Å². The van der Waals surface area contributed by atoms with E-state index in [-0.39, 0.29) is 33.6 Å². The molecular formula is C11H17BrN2O3. The summed E-state index contributed by atoms with van der Waals surface area (Å²) in [4.78, 5) is 10.2. The van der Waals surface area contributed by atoms with Gasteiger partial charge in [0.05, 0.1) is 11.5 Å². The maximum atomic E-state index is 10.6. The van der Waals surface area contributed by atoms with Crippen LogP contribution >= 0.6 is 17.0 Å². The first kappa shape index (κ1) is 16.0. The van der Waals surface area contributed by atoms with Gasteiger partial charge in [-0.1, -0.05) is 12.1 Å². The minimum absolute atomic E-state index is 0. The molecule has 0 fully saturated rings. The molecule has 5 nitrogen and oxygen atoms in total. The third-order valence-corrected chi connectivity index (χ3v) is 2.19. The van der Waals surface area contributed by atoms with Crippen LogP contribution in [0, 0.1) is 10.1 Å². The van der Waals surface area contributed by atoms with E-state index in [9.17, 15) is 10.1 Å². The van der Waals surface area contributed by atoms with Gasteiger partial charge in [0.25, 0.3) is 5.69 Å². The third kappa shape index (κ3) is 5.76. The van der Waals surface area contributed by atoms with Crippen LogP contribution in [0.5, 0.6) is 0 Å². The highest BCUT2D eigenvalue weighted by atomic mass is 79.9. The largest absolute Gasteiger partial charge is 0.383 e. The topological polar surface area (TPSA) is 64.4 Å². The molecule has 1 rings (SSSR count). The SMILES string of the molecule is Br.COCC(C)NCc1cccc([N+](=O)[O-])c1. The molecule has 0 spiro atoms. The lowest BCUT2D eigenvalue weighted by Crippen LogP contribution is -2.29. The number of halogens is 1. The van der Waals surface area contributed by atoms with Crippen LogP contribution < -0.4 is 5.32 Å². The highest BCUT2D eigenvalue weighted by Crippen LogP contribution is 2.12. The van der Waals surface area contributed by atoms with Crippen molar-refractivity contribution < 1.29 is 9.66 Å². The number of nitrogens with one attached hydrogen (secondary N) is 1. The number of rotatable bonds is 6. The Hall–Kier alpha value is -0.980. The lowest BCUT2D eigenvalue weighted by atomic mass is 10.2. The standard InChI is InChI=1S/C11H16N2O3.BrH/c1-9(8-16-2)12-7-10-4-3-5-11(6-10)13(14)15;/h3-6,9,12H,7-8H2,1-2H3;1H. The van der Waals surface area contributed by atoms with Crippen molar-refractivity contribution in [3.8, 4) is 0 Å². The van der Waals surface area contributed by atoms with E-state index < -0.39 is 0 Å². The maximum Gasteiger partial charge on any atom is 0.269 e. The summed E-state index contributed by atoms with van der Waals surface area (Å²) >= 11 is 0. The highest BCUT2D eigenvalue weighted by Gasteiger charge is 2.06. The average molecular weight is 305 g/mol. The fourth-order valence-electron chi connectivity index (χ4n) is 1.38. The maximum absolute atomic E-state index is 10.6. The number of ether oxygens (including phenoxy) is 1. The zero-order chi connectivity index (χ0) is 12.0. The molecule has 0 saturated carbocycles. The van der Waals surface area contributed by atoms with Gasteiger partial charge in [-0.05, 0) is 12.5 Å². The number of nitro groups is 1. The quantitative estimate of drug-likeness (QED) is 0.647. The van der Waals surface area contributed by atoms with Crippen molar-refractivity contribution >= 4 is 22.7 Å². The van der Waals surface area contributed by atoms with E-state index >= 15 is 0 Å². The highest BCUT2D eigenvalue weighted by molar-refractivity contribution is 8.93. The van der Waals surface area contributed by atoms with Gasteiger partial charge in [-0.2, -0.15) is 0 Å². The predicted octanol–water partition coefficient (Wildman–Crippen LogP) is 2.30. The summed E-state index contributed by atoms with van der Waals surface area (Å²) in [6.45, 7) is 3.22. The summed E-state index contributed by atoms with van der Waals surface area (Å²) in [6, 6.07) is 6.84. The first-order valence-electron chi connectivity index (χ1n) is 5.09. The van der Waals surface area contributed by atoms with Crippen LogP contribution in [-0.4, -0.2) is 24.7 Å². The van der Waals surface area contributed by atoms with Gasteiger partial charge in [0.2, 0.25) is 0 Å². The molecular weight excluding hydrogens is 288 g/mol. The monoisotopic (exact) mass is 304 g/mol. The van der Waals surface area contributed by atoms with E-state index in [0.717, 1.165) is 5.56 Å². The molecule has 0 heterocycles. The first-order valence-corrected chi connectivity index (χ1v) is 5.09. The number of hydrogen-bond donors (Lipinski definition) is 1. The summed E-state index contributed by atoms with van der Waals surface area (Å²) < 4.78 is 4.98. The molecule has 96 valence electrons. The molecule has 1 unspecified atom stereocenters. The van der Waals surface area contributed by atoms with Gasteiger partial charge in [-0.3, -0.25) is 10.1 Å². The molecule has 17 heavy (non-hydrogen) atoms. The summed E-state index contributed by atoms with van der Waals surface area (Å²) in [6.07, 6.45) is 0. The Balaban J connectivity index is 0.00000256. The molecule has 0 bridgehead atoms. The van der Waals surface area contributed by atoms with Crippen molar-refractivity contribution in [2.75, 3.05) is 13.7 Å². The summed E-state index contributed by atoms with van der Waals surface area (Å²) in [5, 5.41) is 13.8. The molecule has 0 aliphatic heterocycles. The van der Waals surface area contributed by atoms with Crippen LogP contribution in [0.15, 0.2) is 24.3 Å². The lowest BCUT2D eigenvalue weighted by Gasteiger charge is -2.12. The smallest absolute Gasteiger partial charge is 0.269 e. The second-order valence-corrected chi connectivity index (χ2v) is 3.66. The van der Waals surface area contributed by atoms with Gasteiger partial charge in [0, 0.05) is 31.8 Å². The van der Waals surface area contributed by atoms with Crippen molar-refractivity contribution in [2.45, 2.75) is 19.5 Å². The zero-order valence-electron chi connectivity index (χ0n) is 9.88. The Morgan fingerprint density at radius 1 is 1.53 bits per heavy atom. The Morgan fingerprint density at radius 3 is 2.82 bits per heavy atom. The molecule has 0 aliphatic rings. The Bertz CT molecular complexity index is 360. The predicted molar refractivity (Wildman–Crippen MR) is 71.6 cm³/mol. The first-order chi connectivity index (χ1) is 7.63. The van der Waals surface area contributed by atoms with E-state index in [1.54, 1.807) is 19.2 Å². The van der Waals surface area contributed by atoms with Crippen molar-refractivity contribution in [2.24, 2.45) is 0 Å². The molecule has 1 aromatic carbocycles. The fourth-order valence-corrected chi connectivity index (χ4v) is 1.38. The van der Waals surface area contributed by atoms with Crippen molar-refractivity contribution in [1.29, 1.82) is 0 Å². The summed E-state index contributed by atoms with van der Waals surface area (Å²) in [5.41, 5.74) is 1.02. The molecule has 1 N–H and O–H groups in total. The van der Waals surface area contributed by atoms with Crippen LogP contribution in [0.3, 0.4) is 0 Å². The third-order valence-electron chi connectivity index (χ3n) is 2.19. The molecule has 0 aliphatic carbocycles. The molecule has 1 atom stereocenters. The Labute approximate surface area is 111 Å². The second-order valence-electron chi connectivity index (χ2n) is 3.66. The van der Waals surface area contributed by atoms with Gasteiger partial charge in [0.1, 0.15) is 0 Å². The molecule has 0 radical (unpaired) electrons. The minimum Gasteiger partial charge on any atom is -0.383 e. The van der Waals surface area contributed by atoms with Gasteiger partial charge in [-0.15, -0.1) is 17.0 Å². The van der Waals surface area contributed by atoms with E-state index in [1.807, 2.05) is 13.0 Å². The molecule has 0 aromatic heterocycles. The number of nitrogens with zero attached hydrogens (tertiary/aromatic N) is 1. The van der Waals surface area contributed by atoms with E-state index in [1.165, 1.54) is 6.07 Å². The molecule has 0 saturated heterocycles. The van der Waals surface area contributed by atoms with E-state index in [4.69, 9.17) is 4.74 Å². The number of non-ortho nitro benzene ring substituents is 1. The van der Waals surface area contributed by atoms with E-state index in [2.05, 4.69) is 5.32 Å². The number of benzene rings is 1. The van der Waals surface area contributed by atoms with Gasteiger partial charge < -0.3 is 10.1 Å². The van der Waals surface area contributed by atoms with Crippen LogP contribution in [0.1, 0.15) is 12.5 Å². The summed E-state index contributed by atoms with van der Waals surface area (Å²) in [7, 11) is 1.64. The normalized spacial score (nSPS) is 11.6. The van der Waals surface area contributed by atoms with Crippen LogP contribution in [0.25, 0.3) is 0 Å². The van der Waals surface area contributed by atoms with Crippen LogP contribution in [-0.2, 0) is 11.3 Å². The van der Waals surface area contributed by atoms with Gasteiger partial charge >= 0.3 is 0 Å². The number of methoxy groups -OCH3 is 1. The minimum atomic E-state index is -0.387. The Morgan fingerprint density at radius 2 is 2.24 bits per heavy atom. The van der Waals surface area contributed by atoms with Crippen molar-refractivity contribution in [3.05, 3.63) is 39.9 Å². The van der Waals surface area contributed by atoms with Crippen molar-refractivity contribution in [3.63, 3.8) is 0 Å². The number of nitro benzene ring substituents is 1. The lowest BCUT2D eigenvalue weighted by molar-refractivity contribution is -0.384. The molecule has 0 amide bonds. The van der Waals surface area contributed by atoms with E-state index in [0.29, 0.717) is 13.2 Å². The van der Waals surface area contributed by atoms with Crippen LogP contribution in [0.4, 0.5) is 5.69 Å². The van der Waals surface area contributed by atoms with Gasteiger partial charge in [-0.25, -0.2) is 0 Å². The Kier molecular flexibility index (Phi) is 7.69. The summed E-state index contributed by atoms with van der Waals surface area (Å²) in [5.74, 6) is 0. The number of hydrogen-bond acceptors (Lipinski definition) is 4. The second kappa shape index (κ2) is 8.16.